The summed E-state index contributed by atoms with van der Waals surface area (Å²) < 4.78 is 5.12. The molecule has 1 saturated heterocycles. The van der Waals surface area contributed by atoms with Crippen molar-refractivity contribution in [3.05, 3.63) is 16.2 Å². The number of amides is 1. The van der Waals surface area contributed by atoms with Crippen molar-refractivity contribution >= 4 is 17.2 Å². The predicted molar refractivity (Wildman–Crippen MR) is 69.9 cm³/mol. The highest BCUT2D eigenvalue weighted by atomic mass is 32.1. The van der Waals surface area contributed by atoms with Crippen molar-refractivity contribution in [2.24, 2.45) is 0 Å². The van der Waals surface area contributed by atoms with Gasteiger partial charge in [0.15, 0.2) is 10.8 Å². The molecule has 100 valence electrons. The van der Waals surface area contributed by atoms with Gasteiger partial charge in [0.1, 0.15) is 5.69 Å². The fraction of sp³-hybridized carbons (Fsp3) is 0.500. The average molecular weight is 278 g/mol. The van der Waals surface area contributed by atoms with Crippen molar-refractivity contribution in [1.82, 2.24) is 20.0 Å². The predicted octanol–water partition coefficient (Wildman–Crippen LogP) is 1.99. The number of rotatable bonds is 3. The molecule has 6 nitrogen and oxygen atoms in total. The third-order valence-electron chi connectivity index (χ3n) is 3.08. The first-order valence-electron chi connectivity index (χ1n) is 6.35. The Morgan fingerprint density at radius 3 is 2.89 bits per heavy atom. The second kappa shape index (κ2) is 5.08. The first-order valence-corrected chi connectivity index (χ1v) is 7.23. The first kappa shape index (κ1) is 12.3. The fourth-order valence-electron chi connectivity index (χ4n) is 2.03. The third kappa shape index (κ3) is 2.37. The van der Waals surface area contributed by atoms with E-state index in [2.05, 4.69) is 15.1 Å². The SMILES string of the molecule is CCc1noc(-c2csc(C(=O)N3CCCC3)n2)n1. The van der Waals surface area contributed by atoms with Crippen LogP contribution in [0, 0.1) is 0 Å². The van der Waals surface area contributed by atoms with Gasteiger partial charge in [0, 0.05) is 24.9 Å². The molecule has 1 fully saturated rings. The Bertz CT molecular complexity index is 586. The zero-order chi connectivity index (χ0) is 13.2. The maximum atomic E-state index is 12.2. The maximum absolute atomic E-state index is 12.2. The Balaban J connectivity index is 1.80. The first-order chi connectivity index (χ1) is 9.28. The summed E-state index contributed by atoms with van der Waals surface area (Å²) in [7, 11) is 0. The van der Waals surface area contributed by atoms with E-state index in [1.54, 1.807) is 5.38 Å². The molecule has 19 heavy (non-hydrogen) atoms. The Labute approximate surface area is 114 Å². The summed E-state index contributed by atoms with van der Waals surface area (Å²) in [4.78, 5) is 22.5. The van der Waals surface area contributed by atoms with E-state index in [0.29, 0.717) is 28.8 Å². The molecule has 0 spiro atoms. The second-order valence-electron chi connectivity index (χ2n) is 4.41. The largest absolute Gasteiger partial charge is 0.337 e. The standard InChI is InChI=1S/C12H14N4O2S/c1-2-9-14-10(18-15-9)8-7-19-11(13-8)12(17)16-5-3-4-6-16/h7H,2-6H2,1H3. The smallest absolute Gasteiger partial charge is 0.282 e. The van der Waals surface area contributed by atoms with E-state index in [4.69, 9.17) is 4.52 Å². The van der Waals surface area contributed by atoms with Crippen LogP contribution in [0.3, 0.4) is 0 Å². The normalized spacial score (nSPS) is 15.1. The molecular formula is C12H14N4O2S. The molecule has 0 aromatic carbocycles. The number of nitrogens with zero attached hydrogens (tertiary/aromatic N) is 4. The van der Waals surface area contributed by atoms with Gasteiger partial charge in [-0.2, -0.15) is 4.98 Å². The van der Waals surface area contributed by atoms with E-state index in [0.717, 1.165) is 25.9 Å². The minimum absolute atomic E-state index is 0.00369. The van der Waals surface area contributed by atoms with Crippen molar-refractivity contribution in [2.45, 2.75) is 26.2 Å². The van der Waals surface area contributed by atoms with Gasteiger partial charge in [0.05, 0.1) is 0 Å². The molecule has 1 aliphatic rings. The molecular weight excluding hydrogens is 264 g/mol. The topological polar surface area (TPSA) is 72.1 Å². The van der Waals surface area contributed by atoms with Crippen LogP contribution in [-0.4, -0.2) is 39.0 Å². The quantitative estimate of drug-likeness (QED) is 0.858. The van der Waals surface area contributed by atoms with E-state index in [9.17, 15) is 4.79 Å². The van der Waals surface area contributed by atoms with Crippen molar-refractivity contribution in [1.29, 1.82) is 0 Å². The van der Waals surface area contributed by atoms with Gasteiger partial charge < -0.3 is 9.42 Å². The van der Waals surface area contributed by atoms with Crippen LogP contribution < -0.4 is 0 Å². The Hall–Kier alpha value is -1.76. The fourth-order valence-corrected chi connectivity index (χ4v) is 2.79. The molecule has 0 saturated carbocycles. The number of aryl methyl sites for hydroxylation is 1. The van der Waals surface area contributed by atoms with Crippen LogP contribution in [0.1, 0.15) is 35.4 Å². The van der Waals surface area contributed by atoms with Gasteiger partial charge in [-0.25, -0.2) is 4.98 Å². The summed E-state index contributed by atoms with van der Waals surface area (Å²) in [6, 6.07) is 0. The highest BCUT2D eigenvalue weighted by Gasteiger charge is 2.23. The summed E-state index contributed by atoms with van der Waals surface area (Å²) in [5, 5.41) is 6.11. The summed E-state index contributed by atoms with van der Waals surface area (Å²) in [6.45, 7) is 3.61. The molecule has 0 aliphatic carbocycles. The van der Waals surface area contributed by atoms with Crippen molar-refractivity contribution in [2.75, 3.05) is 13.1 Å². The van der Waals surface area contributed by atoms with Crippen LogP contribution in [0.4, 0.5) is 0 Å². The summed E-state index contributed by atoms with van der Waals surface area (Å²) in [6.07, 6.45) is 2.87. The van der Waals surface area contributed by atoms with Crippen LogP contribution >= 0.6 is 11.3 Å². The lowest BCUT2D eigenvalue weighted by Gasteiger charge is -2.12. The average Bonchev–Trinajstić information content (AvgIpc) is 3.17. The van der Waals surface area contributed by atoms with Gasteiger partial charge in [0.2, 0.25) is 0 Å². The lowest BCUT2D eigenvalue weighted by molar-refractivity contribution is 0.0792. The van der Waals surface area contributed by atoms with E-state index in [1.807, 2.05) is 11.8 Å². The van der Waals surface area contributed by atoms with Crippen LogP contribution in [0.5, 0.6) is 0 Å². The Kier molecular flexibility index (Phi) is 3.29. The van der Waals surface area contributed by atoms with Gasteiger partial charge in [0.25, 0.3) is 11.8 Å². The number of hydrogen-bond acceptors (Lipinski definition) is 6. The highest BCUT2D eigenvalue weighted by Crippen LogP contribution is 2.22. The monoisotopic (exact) mass is 278 g/mol. The van der Waals surface area contributed by atoms with E-state index < -0.39 is 0 Å². The number of likely N-dealkylation sites (tertiary alicyclic amines) is 1. The number of carbonyl (C=O) groups excluding carboxylic acids is 1. The molecule has 7 heteroatoms. The van der Waals surface area contributed by atoms with Gasteiger partial charge in [-0.3, -0.25) is 4.79 Å². The van der Waals surface area contributed by atoms with E-state index in [-0.39, 0.29) is 5.91 Å². The number of carbonyl (C=O) groups is 1. The molecule has 2 aromatic rings. The minimum Gasteiger partial charge on any atom is -0.337 e. The van der Waals surface area contributed by atoms with Gasteiger partial charge in [-0.15, -0.1) is 11.3 Å². The third-order valence-corrected chi connectivity index (χ3v) is 3.91. The molecule has 2 aromatic heterocycles. The zero-order valence-electron chi connectivity index (χ0n) is 10.6. The van der Waals surface area contributed by atoms with Crippen molar-refractivity contribution in [3.8, 4) is 11.6 Å². The zero-order valence-corrected chi connectivity index (χ0v) is 11.4. The molecule has 0 N–H and O–H groups in total. The molecule has 1 aliphatic heterocycles. The molecule has 0 radical (unpaired) electrons. The number of thiazole rings is 1. The lowest BCUT2D eigenvalue weighted by atomic mass is 10.4. The Morgan fingerprint density at radius 2 is 2.21 bits per heavy atom. The van der Waals surface area contributed by atoms with E-state index >= 15 is 0 Å². The van der Waals surface area contributed by atoms with Gasteiger partial charge in [-0.1, -0.05) is 12.1 Å². The van der Waals surface area contributed by atoms with Crippen LogP contribution in [0.2, 0.25) is 0 Å². The minimum atomic E-state index is 0.00369. The van der Waals surface area contributed by atoms with Crippen molar-refractivity contribution < 1.29 is 9.32 Å². The van der Waals surface area contributed by atoms with Gasteiger partial charge >= 0.3 is 0 Å². The second-order valence-corrected chi connectivity index (χ2v) is 5.26. The summed E-state index contributed by atoms with van der Waals surface area (Å²) >= 11 is 1.33. The number of aromatic nitrogens is 3. The molecule has 1 amide bonds. The van der Waals surface area contributed by atoms with E-state index in [1.165, 1.54) is 11.3 Å². The summed E-state index contributed by atoms with van der Waals surface area (Å²) in [5.41, 5.74) is 0.583. The van der Waals surface area contributed by atoms with Crippen LogP contribution in [0.25, 0.3) is 11.6 Å². The van der Waals surface area contributed by atoms with Crippen LogP contribution in [0.15, 0.2) is 9.90 Å². The molecule has 0 atom stereocenters. The molecule has 3 rings (SSSR count). The maximum Gasteiger partial charge on any atom is 0.282 e. The van der Waals surface area contributed by atoms with Gasteiger partial charge in [-0.05, 0) is 12.8 Å². The number of hydrogen-bond donors (Lipinski definition) is 0. The van der Waals surface area contributed by atoms with Crippen molar-refractivity contribution in [3.63, 3.8) is 0 Å². The molecule has 0 bridgehead atoms. The Morgan fingerprint density at radius 1 is 1.42 bits per heavy atom. The highest BCUT2D eigenvalue weighted by molar-refractivity contribution is 7.12. The summed E-state index contributed by atoms with van der Waals surface area (Å²) in [5.74, 6) is 1.04. The molecule has 0 unspecified atom stereocenters. The molecule has 3 heterocycles. The van der Waals surface area contributed by atoms with Crippen LogP contribution in [-0.2, 0) is 6.42 Å². The lowest BCUT2D eigenvalue weighted by Crippen LogP contribution is -2.27.